The minimum Gasteiger partial charge on any atom is -0.291 e. The van der Waals surface area contributed by atoms with Crippen LogP contribution in [0.4, 0.5) is 0 Å². The quantitative estimate of drug-likeness (QED) is 0.415. The molecule has 0 saturated heterocycles. The first-order valence-corrected chi connectivity index (χ1v) is 10.2. The molecule has 0 N–H and O–H groups in total. The molecule has 3 aromatic rings. The molecule has 3 rings (SSSR count). The van der Waals surface area contributed by atoms with Gasteiger partial charge in [0.2, 0.25) is 0 Å². The maximum atomic E-state index is 13.4. The van der Waals surface area contributed by atoms with E-state index in [1.807, 2.05) is 12.1 Å². The number of nitrogens with zero attached hydrogens (tertiary/aromatic N) is 5. The van der Waals surface area contributed by atoms with Gasteiger partial charge in [-0.2, -0.15) is 10.5 Å². The lowest BCUT2D eigenvalue weighted by Gasteiger charge is -2.13. The zero-order valence-corrected chi connectivity index (χ0v) is 18.1. The van der Waals surface area contributed by atoms with Crippen molar-refractivity contribution in [2.75, 3.05) is 0 Å². The summed E-state index contributed by atoms with van der Waals surface area (Å²) in [6, 6.07) is 5.68. The Balaban J connectivity index is 2.45. The minimum atomic E-state index is -0.599. The summed E-state index contributed by atoms with van der Waals surface area (Å²) in [7, 11) is 0. The normalized spacial score (nSPS) is 11.2. The average molecular weight is 450 g/mol. The van der Waals surface area contributed by atoms with Crippen LogP contribution in [0, 0.1) is 29.6 Å². The van der Waals surface area contributed by atoms with E-state index in [4.69, 9.17) is 16.9 Å². The number of rotatable bonds is 6. The van der Waals surface area contributed by atoms with E-state index in [1.54, 1.807) is 19.1 Å². The summed E-state index contributed by atoms with van der Waals surface area (Å²) >= 11 is 7.29. The summed E-state index contributed by atoms with van der Waals surface area (Å²) in [5.41, 5.74) is 0.763. The van der Waals surface area contributed by atoms with Crippen LogP contribution >= 0.6 is 22.9 Å². The molecule has 3 aromatic heterocycles. The summed E-state index contributed by atoms with van der Waals surface area (Å²) in [4.78, 5) is 31.3. The zero-order valence-electron chi connectivity index (χ0n) is 16.6. The maximum absolute atomic E-state index is 13.4. The maximum Gasteiger partial charge on any atom is 0.336 e. The first-order chi connectivity index (χ1) is 14.8. The van der Waals surface area contributed by atoms with Crippen molar-refractivity contribution in [3.63, 3.8) is 0 Å². The fraction of sp³-hybridized carbons (Fsp3) is 0.136. The van der Waals surface area contributed by atoms with Gasteiger partial charge in [-0.25, -0.2) is 9.36 Å². The molecule has 0 aliphatic heterocycles. The Hall–Kier alpha value is -3.72. The summed E-state index contributed by atoms with van der Waals surface area (Å²) in [5.74, 6) is 0. The van der Waals surface area contributed by atoms with Crippen LogP contribution in [-0.2, 0) is 6.54 Å². The van der Waals surface area contributed by atoms with Gasteiger partial charge in [0.15, 0.2) is 0 Å². The third kappa shape index (κ3) is 3.87. The number of thiophene rings is 1. The highest BCUT2D eigenvalue weighted by atomic mass is 35.5. The van der Waals surface area contributed by atoms with Crippen LogP contribution in [0.5, 0.6) is 0 Å². The topological polar surface area (TPSA) is 104 Å². The van der Waals surface area contributed by atoms with Gasteiger partial charge in [0.05, 0.1) is 46.6 Å². The lowest BCUT2D eigenvalue weighted by molar-refractivity contribution is 0.661. The Morgan fingerprint density at radius 2 is 2.10 bits per heavy atom. The molecule has 0 amide bonds. The Morgan fingerprint density at radius 1 is 1.35 bits per heavy atom. The SMILES string of the molecule is C=C/C=C(\C(=C)C#N)c1cc2c(s1)c(=O)n(-c1cncc(Cl)c1C)c(=O)n2CCC#N. The molecule has 0 aliphatic rings. The van der Waals surface area contributed by atoms with Gasteiger partial charge in [0.25, 0.3) is 5.56 Å². The molecule has 0 aliphatic carbocycles. The molecule has 0 spiro atoms. The van der Waals surface area contributed by atoms with Gasteiger partial charge in [-0.15, -0.1) is 11.3 Å². The number of nitriles is 2. The zero-order chi connectivity index (χ0) is 22.7. The van der Waals surface area contributed by atoms with Crippen molar-refractivity contribution in [3.05, 3.63) is 85.6 Å². The predicted molar refractivity (Wildman–Crippen MR) is 122 cm³/mol. The largest absolute Gasteiger partial charge is 0.336 e. The van der Waals surface area contributed by atoms with E-state index >= 15 is 0 Å². The van der Waals surface area contributed by atoms with E-state index in [9.17, 15) is 14.9 Å². The van der Waals surface area contributed by atoms with Crippen molar-refractivity contribution in [2.45, 2.75) is 19.9 Å². The third-order valence-electron chi connectivity index (χ3n) is 4.65. The molecule has 154 valence electrons. The van der Waals surface area contributed by atoms with Crippen LogP contribution in [0.25, 0.3) is 21.5 Å². The summed E-state index contributed by atoms with van der Waals surface area (Å²) in [5, 5.41) is 18.7. The number of pyridine rings is 1. The predicted octanol–water partition coefficient (Wildman–Crippen LogP) is 4.13. The van der Waals surface area contributed by atoms with Crippen molar-refractivity contribution in [1.82, 2.24) is 14.1 Å². The molecule has 0 radical (unpaired) electrons. The number of halogens is 1. The van der Waals surface area contributed by atoms with Crippen LogP contribution in [0.2, 0.25) is 5.02 Å². The lowest BCUT2D eigenvalue weighted by atomic mass is 10.1. The molecule has 7 nitrogen and oxygen atoms in total. The van der Waals surface area contributed by atoms with Crippen molar-refractivity contribution in [2.24, 2.45) is 0 Å². The van der Waals surface area contributed by atoms with Crippen LogP contribution in [-0.4, -0.2) is 14.1 Å². The first kappa shape index (κ1) is 22.0. The van der Waals surface area contributed by atoms with Gasteiger partial charge in [-0.3, -0.25) is 14.3 Å². The molecule has 0 saturated carbocycles. The lowest BCUT2D eigenvalue weighted by Crippen LogP contribution is -2.39. The highest BCUT2D eigenvalue weighted by molar-refractivity contribution is 7.20. The molecule has 3 heterocycles. The van der Waals surface area contributed by atoms with Gasteiger partial charge < -0.3 is 0 Å². The van der Waals surface area contributed by atoms with E-state index in [2.05, 4.69) is 18.1 Å². The average Bonchev–Trinajstić information content (AvgIpc) is 3.19. The second-order valence-corrected chi connectivity index (χ2v) is 7.94. The summed E-state index contributed by atoms with van der Waals surface area (Å²) < 4.78 is 2.69. The number of hydrogen-bond donors (Lipinski definition) is 0. The number of allylic oxidation sites excluding steroid dienone is 4. The van der Waals surface area contributed by atoms with Crippen LogP contribution < -0.4 is 11.2 Å². The molecule has 0 unspecified atom stereocenters. The molecular formula is C22H16ClN5O2S. The van der Waals surface area contributed by atoms with Gasteiger partial charge in [-0.1, -0.05) is 36.9 Å². The highest BCUT2D eigenvalue weighted by Gasteiger charge is 2.21. The van der Waals surface area contributed by atoms with E-state index in [0.717, 1.165) is 15.9 Å². The molecular weight excluding hydrogens is 434 g/mol. The van der Waals surface area contributed by atoms with Crippen LogP contribution in [0.1, 0.15) is 16.9 Å². The van der Waals surface area contributed by atoms with Crippen molar-refractivity contribution < 1.29 is 0 Å². The number of hydrogen-bond acceptors (Lipinski definition) is 6. The Kier molecular flexibility index (Phi) is 6.36. The van der Waals surface area contributed by atoms with Crippen LogP contribution in [0.3, 0.4) is 0 Å². The molecule has 0 atom stereocenters. The number of aromatic nitrogens is 3. The van der Waals surface area contributed by atoms with Gasteiger partial charge in [0, 0.05) is 23.2 Å². The summed E-state index contributed by atoms with van der Waals surface area (Å²) in [6.07, 6.45) is 6.05. The van der Waals surface area contributed by atoms with E-state index < -0.39 is 11.2 Å². The molecule has 9 heteroatoms. The van der Waals surface area contributed by atoms with Gasteiger partial charge >= 0.3 is 5.69 Å². The fourth-order valence-corrected chi connectivity index (χ4v) is 4.39. The molecule has 31 heavy (non-hydrogen) atoms. The van der Waals surface area contributed by atoms with Gasteiger partial charge in [0.1, 0.15) is 4.70 Å². The first-order valence-electron chi connectivity index (χ1n) is 9.05. The second kappa shape index (κ2) is 8.97. The minimum absolute atomic E-state index is 0.0748. The number of aryl methyl sites for hydroxylation is 1. The van der Waals surface area contributed by atoms with Crippen molar-refractivity contribution in [3.8, 4) is 17.8 Å². The second-order valence-electron chi connectivity index (χ2n) is 6.48. The van der Waals surface area contributed by atoms with E-state index in [1.165, 1.54) is 23.0 Å². The Bertz CT molecular complexity index is 1460. The van der Waals surface area contributed by atoms with Crippen molar-refractivity contribution in [1.29, 1.82) is 10.5 Å². The van der Waals surface area contributed by atoms with Gasteiger partial charge in [-0.05, 0) is 18.6 Å². The third-order valence-corrected chi connectivity index (χ3v) is 6.17. The highest BCUT2D eigenvalue weighted by Crippen LogP contribution is 2.32. The molecule has 0 bridgehead atoms. The van der Waals surface area contributed by atoms with E-state index in [0.29, 0.717) is 31.3 Å². The van der Waals surface area contributed by atoms with Crippen molar-refractivity contribution >= 4 is 38.7 Å². The summed E-state index contributed by atoms with van der Waals surface area (Å²) in [6.45, 7) is 9.19. The Morgan fingerprint density at radius 3 is 2.74 bits per heavy atom. The van der Waals surface area contributed by atoms with Crippen LogP contribution in [0.15, 0.2) is 58.9 Å². The standard InChI is InChI=1S/C22H16ClN5O2S/c1-4-6-15(13(2)10-25)19-9-17-20(31-19)21(29)28(22(30)27(17)8-5-7-24)18-12-26-11-16(23)14(18)3/h4,6,9,11-12H,1-2,5,8H2,3H3/b15-6+. The smallest absolute Gasteiger partial charge is 0.291 e. The molecule has 0 aromatic carbocycles. The molecule has 0 fully saturated rings. The number of fused-ring (bicyclic) bond motifs is 1. The Labute approximate surface area is 186 Å². The monoisotopic (exact) mass is 449 g/mol. The fourth-order valence-electron chi connectivity index (χ4n) is 3.09. The van der Waals surface area contributed by atoms with E-state index in [-0.39, 0.29) is 24.2 Å².